The van der Waals surface area contributed by atoms with E-state index < -0.39 is 11.4 Å². The Morgan fingerprint density at radius 2 is 1.92 bits per heavy atom. The number of hydrogen-bond acceptors (Lipinski definition) is 6. The van der Waals surface area contributed by atoms with Crippen LogP contribution in [0, 0.1) is 18.2 Å². The van der Waals surface area contributed by atoms with E-state index in [0.717, 1.165) is 17.2 Å². The normalized spacial score (nSPS) is 19.0. The number of pyridine rings is 1. The molecule has 4 heterocycles. The highest BCUT2D eigenvalue weighted by Crippen LogP contribution is 2.40. The molecule has 2 atom stereocenters. The minimum Gasteiger partial charge on any atom is -0.444 e. The summed E-state index contributed by atoms with van der Waals surface area (Å²) in [6.45, 7) is 6.78. The molecule has 2 fully saturated rings. The fraction of sp³-hybridized carbons (Fsp3) is 0.310. The summed E-state index contributed by atoms with van der Waals surface area (Å²) >= 11 is 0. The zero-order valence-electron chi connectivity index (χ0n) is 20.9. The number of fused-ring (bicyclic) bond motifs is 3. The molecular formula is C29H26FN5O2. The van der Waals surface area contributed by atoms with Crippen molar-refractivity contribution in [1.82, 2.24) is 19.9 Å². The van der Waals surface area contributed by atoms with Gasteiger partial charge in [-0.05, 0) is 38.6 Å². The number of halogens is 1. The van der Waals surface area contributed by atoms with E-state index >= 15 is 4.39 Å². The van der Waals surface area contributed by atoms with Gasteiger partial charge in [0.15, 0.2) is 5.82 Å². The lowest BCUT2D eigenvalue weighted by molar-refractivity contribution is 0.0193. The Morgan fingerprint density at radius 3 is 2.68 bits per heavy atom. The number of hydrogen-bond donors (Lipinski definition) is 0. The maximum Gasteiger partial charge on any atom is 0.410 e. The number of carbonyl (C=O) groups excluding carboxylic acids is 1. The van der Waals surface area contributed by atoms with Crippen LogP contribution in [0.1, 0.15) is 32.8 Å². The number of benzene rings is 2. The Bertz CT molecular complexity index is 1600. The molecule has 2 aromatic heterocycles. The van der Waals surface area contributed by atoms with Gasteiger partial charge in [0, 0.05) is 35.8 Å². The summed E-state index contributed by atoms with van der Waals surface area (Å²) < 4.78 is 21.6. The highest BCUT2D eigenvalue weighted by molar-refractivity contribution is 6.02. The van der Waals surface area contributed by atoms with Crippen LogP contribution in [0.5, 0.6) is 0 Å². The first-order chi connectivity index (χ1) is 17.8. The molecule has 2 saturated heterocycles. The highest BCUT2D eigenvalue weighted by atomic mass is 19.1. The van der Waals surface area contributed by atoms with Gasteiger partial charge in [-0.2, -0.15) is 0 Å². The first kappa shape index (κ1) is 23.2. The van der Waals surface area contributed by atoms with Gasteiger partial charge < -0.3 is 14.5 Å². The predicted octanol–water partition coefficient (Wildman–Crippen LogP) is 5.16. The van der Waals surface area contributed by atoms with E-state index in [9.17, 15) is 4.79 Å². The summed E-state index contributed by atoms with van der Waals surface area (Å²) in [7, 11) is 0. The number of likely N-dealkylation sites (tertiary alicyclic amines) is 1. The van der Waals surface area contributed by atoms with Crippen molar-refractivity contribution in [1.29, 1.82) is 0 Å². The minimum atomic E-state index is -0.548. The molecule has 0 spiro atoms. The van der Waals surface area contributed by atoms with E-state index in [2.05, 4.69) is 25.8 Å². The van der Waals surface area contributed by atoms with Crippen LogP contribution in [-0.2, 0) is 4.74 Å². The van der Waals surface area contributed by atoms with Crippen molar-refractivity contribution in [3.63, 3.8) is 0 Å². The first-order valence-corrected chi connectivity index (χ1v) is 12.3. The summed E-state index contributed by atoms with van der Waals surface area (Å²) in [5, 5.41) is 2.24. The van der Waals surface area contributed by atoms with Gasteiger partial charge in [0.2, 0.25) is 0 Å². The molecule has 2 aromatic carbocycles. The number of nitrogens with zero attached hydrogens (tertiary/aromatic N) is 5. The SMILES string of the molecule is C#Cc1cccc2cccc(-c3ncc4c(N5C[C@@H]6[C@H]5CCN6C(=O)OC(C)(C)C)ncnc4c3F)c12. The van der Waals surface area contributed by atoms with Crippen LogP contribution in [-0.4, -0.2) is 56.7 Å². The topological polar surface area (TPSA) is 71.5 Å². The molecule has 0 saturated carbocycles. The lowest BCUT2D eigenvalue weighted by atomic mass is 9.95. The number of amides is 1. The van der Waals surface area contributed by atoms with E-state index in [1.54, 1.807) is 11.1 Å². The maximum absolute atomic E-state index is 16.0. The number of rotatable bonds is 2. The lowest BCUT2D eigenvalue weighted by Crippen LogP contribution is -2.63. The first-order valence-electron chi connectivity index (χ1n) is 12.3. The van der Waals surface area contributed by atoms with Gasteiger partial charge in [-0.25, -0.2) is 19.2 Å². The zero-order chi connectivity index (χ0) is 25.9. The summed E-state index contributed by atoms with van der Waals surface area (Å²) in [5.41, 5.74) is 1.16. The summed E-state index contributed by atoms with van der Waals surface area (Å²) in [6.07, 6.45) is 9.25. The van der Waals surface area contributed by atoms with E-state index in [0.29, 0.717) is 35.4 Å². The Kier molecular flexibility index (Phi) is 5.27. The molecule has 1 amide bonds. The van der Waals surface area contributed by atoms with Gasteiger partial charge in [-0.15, -0.1) is 6.42 Å². The lowest BCUT2D eigenvalue weighted by Gasteiger charge is -2.47. The average Bonchev–Trinajstić information content (AvgIpc) is 3.19. The fourth-order valence-corrected chi connectivity index (χ4v) is 5.46. The van der Waals surface area contributed by atoms with Gasteiger partial charge >= 0.3 is 6.09 Å². The van der Waals surface area contributed by atoms with Crippen LogP contribution in [0.25, 0.3) is 32.9 Å². The second-order valence-electron chi connectivity index (χ2n) is 10.5. The predicted molar refractivity (Wildman–Crippen MR) is 141 cm³/mol. The van der Waals surface area contributed by atoms with Crippen molar-refractivity contribution < 1.29 is 13.9 Å². The average molecular weight is 496 g/mol. The van der Waals surface area contributed by atoms with E-state index in [-0.39, 0.29) is 29.4 Å². The Labute approximate surface area is 214 Å². The number of aromatic nitrogens is 3. The van der Waals surface area contributed by atoms with Crippen LogP contribution in [0.4, 0.5) is 15.0 Å². The number of terminal acetylenes is 1. The third-order valence-electron chi connectivity index (χ3n) is 7.11. The third-order valence-corrected chi connectivity index (χ3v) is 7.11. The van der Waals surface area contributed by atoms with E-state index in [4.69, 9.17) is 11.2 Å². The van der Waals surface area contributed by atoms with Crippen molar-refractivity contribution in [3.8, 4) is 23.6 Å². The van der Waals surface area contributed by atoms with Crippen LogP contribution < -0.4 is 4.90 Å². The molecule has 0 bridgehead atoms. The molecular weight excluding hydrogens is 469 g/mol. The number of ether oxygens (including phenoxy) is 1. The molecule has 0 aliphatic carbocycles. The maximum atomic E-state index is 16.0. The molecule has 0 unspecified atom stereocenters. The number of anilines is 1. The Morgan fingerprint density at radius 1 is 1.14 bits per heavy atom. The van der Waals surface area contributed by atoms with Crippen molar-refractivity contribution in [2.75, 3.05) is 18.0 Å². The van der Waals surface area contributed by atoms with Crippen molar-refractivity contribution in [2.45, 2.75) is 44.9 Å². The molecule has 2 aliphatic rings. The Hall–Kier alpha value is -4.25. The van der Waals surface area contributed by atoms with Crippen LogP contribution in [0.3, 0.4) is 0 Å². The molecule has 2 aliphatic heterocycles. The standard InChI is InChI=1S/C29H26FN5O2/c1-5-17-8-6-9-18-10-7-11-19(23(17)18)25-24(30)26-20(14-31-25)27(33-16-32-26)35-15-22-21(35)12-13-34(22)28(36)37-29(2,3)4/h1,6-11,14,16,21-22H,12-13,15H2,2-4H3/t21-,22-/m1/s1. The third kappa shape index (κ3) is 3.73. The van der Waals surface area contributed by atoms with Gasteiger partial charge in [0.1, 0.15) is 29.0 Å². The summed E-state index contributed by atoms with van der Waals surface area (Å²) in [5.74, 6) is 2.81. The zero-order valence-corrected chi connectivity index (χ0v) is 20.9. The molecule has 7 nitrogen and oxygen atoms in total. The summed E-state index contributed by atoms with van der Waals surface area (Å²) in [6, 6.07) is 11.4. The monoisotopic (exact) mass is 495 g/mol. The van der Waals surface area contributed by atoms with Gasteiger partial charge in [-0.3, -0.25) is 4.98 Å². The van der Waals surface area contributed by atoms with Crippen LogP contribution in [0.15, 0.2) is 48.9 Å². The smallest absolute Gasteiger partial charge is 0.410 e. The molecule has 4 aromatic rings. The van der Waals surface area contributed by atoms with E-state index in [1.807, 2.05) is 57.2 Å². The van der Waals surface area contributed by atoms with Crippen LogP contribution >= 0.6 is 0 Å². The number of carbonyl (C=O) groups is 1. The van der Waals surface area contributed by atoms with Crippen LogP contribution in [0.2, 0.25) is 0 Å². The minimum absolute atomic E-state index is 0.0369. The van der Waals surface area contributed by atoms with Crippen molar-refractivity contribution in [3.05, 3.63) is 60.3 Å². The molecule has 186 valence electrons. The van der Waals surface area contributed by atoms with Gasteiger partial charge in [-0.1, -0.05) is 36.3 Å². The second-order valence-corrected chi connectivity index (χ2v) is 10.5. The van der Waals surface area contributed by atoms with Crippen molar-refractivity contribution >= 4 is 33.6 Å². The van der Waals surface area contributed by atoms with Gasteiger partial charge in [0.05, 0.1) is 17.5 Å². The molecule has 0 radical (unpaired) electrons. The van der Waals surface area contributed by atoms with Gasteiger partial charge in [0.25, 0.3) is 0 Å². The van der Waals surface area contributed by atoms with Crippen molar-refractivity contribution in [2.24, 2.45) is 0 Å². The summed E-state index contributed by atoms with van der Waals surface area (Å²) in [4.78, 5) is 29.8. The highest BCUT2D eigenvalue weighted by Gasteiger charge is 2.50. The Balaban J connectivity index is 1.36. The fourth-order valence-electron chi connectivity index (χ4n) is 5.46. The molecule has 37 heavy (non-hydrogen) atoms. The quantitative estimate of drug-likeness (QED) is 0.358. The molecule has 6 rings (SSSR count). The molecule has 8 heteroatoms. The largest absolute Gasteiger partial charge is 0.444 e. The second kappa shape index (κ2) is 8.41. The molecule has 0 N–H and O–H groups in total. The van der Waals surface area contributed by atoms with E-state index in [1.165, 1.54) is 6.33 Å².